The summed E-state index contributed by atoms with van der Waals surface area (Å²) in [6.45, 7) is 1.48. The molecular formula is C20H18N6OS2. The summed E-state index contributed by atoms with van der Waals surface area (Å²) in [5, 5.41) is 18.6. The second-order valence-electron chi connectivity index (χ2n) is 6.29. The molecule has 0 atom stereocenters. The van der Waals surface area contributed by atoms with Gasteiger partial charge in [0.1, 0.15) is 0 Å². The van der Waals surface area contributed by atoms with Crippen LogP contribution in [-0.2, 0) is 17.0 Å². The maximum atomic E-state index is 11.3. The van der Waals surface area contributed by atoms with Crippen LogP contribution in [-0.4, -0.2) is 31.1 Å². The number of rotatable bonds is 7. The summed E-state index contributed by atoms with van der Waals surface area (Å²) in [6, 6.07) is 17.7. The van der Waals surface area contributed by atoms with Crippen LogP contribution in [0.25, 0.3) is 5.69 Å². The van der Waals surface area contributed by atoms with Crippen LogP contribution in [0.4, 0.5) is 5.69 Å². The molecule has 0 saturated carbocycles. The van der Waals surface area contributed by atoms with Crippen LogP contribution in [0.5, 0.6) is 0 Å². The summed E-state index contributed by atoms with van der Waals surface area (Å²) >= 11 is 3.19. The normalized spacial score (nSPS) is 10.8. The molecule has 4 rings (SSSR count). The first kappa shape index (κ1) is 19.3. The number of carbonyl (C=O) groups is 1. The van der Waals surface area contributed by atoms with E-state index in [0.717, 1.165) is 22.8 Å². The molecule has 2 aromatic carbocycles. The van der Waals surface area contributed by atoms with Gasteiger partial charge in [0.05, 0.1) is 16.4 Å². The lowest BCUT2D eigenvalue weighted by Crippen LogP contribution is -2.07. The number of amides is 1. The van der Waals surface area contributed by atoms with Crippen molar-refractivity contribution < 1.29 is 4.79 Å². The fourth-order valence-corrected chi connectivity index (χ4v) is 4.47. The first-order valence-corrected chi connectivity index (χ1v) is 10.8. The Balaban J connectivity index is 1.43. The molecule has 0 saturated heterocycles. The average molecular weight is 423 g/mol. The van der Waals surface area contributed by atoms with Crippen LogP contribution in [0.3, 0.4) is 0 Å². The molecule has 0 radical (unpaired) electrons. The Morgan fingerprint density at radius 2 is 2.03 bits per heavy atom. The number of nitrogens with one attached hydrogen (secondary N) is 1. The van der Waals surface area contributed by atoms with Gasteiger partial charge in [-0.1, -0.05) is 48.2 Å². The van der Waals surface area contributed by atoms with Crippen molar-refractivity contribution in [1.82, 2.24) is 25.2 Å². The summed E-state index contributed by atoms with van der Waals surface area (Å²) < 4.78 is 1.66. The topological polar surface area (TPSA) is 85.6 Å². The first-order valence-electron chi connectivity index (χ1n) is 8.94. The number of thiazole rings is 1. The number of anilines is 1. The Kier molecular flexibility index (Phi) is 5.97. The summed E-state index contributed by atoms with van der Waals surface area (Å²) in [7, 11) is 0. The van der Waals surface area contributed by atoms with Crippen LogP contribution in [0, 0.1) is 0 Å². The van der Waals surface area contributed by atoms with Gasteiger partial charge in [0.2, 0.25) is 11.1 Å². The van der Waals surface area contributed by atoms with Gasteiger partial charge in [-0.25, -0.2) is 4.98 Å². The number of hydrogen-bond donors (Lipinski definition) is 1. The predicted molar refractivity (Wildman–Crippen MR) is 114 cm³/mol. The molecule has 0 aliphatic carbocycles. The van der Waals surface area contributed by atoms with Crippen molar-refractivity contribution in [2.75, 3.05) is 5.32 Å². The van der Waals surface area contributed by atoms with E-state index < -0.39 is 0 Å². The molecule has 0 aliphatic rings. The highest BCUT2D eigenvalue weighted by molar-refractivity contribution is 7.98. The molecule has 0 fully saturated rings. The summed E-state index contributed by atoms with van der Waals surface area (Å²) in [5.41, 5.74) is 3.75. The number of tetrazole rings is 1. The van der Waals surface area contributed by atoms with E-state index in [1.165, 1.54) is 24.2 Å². The van der Waals surface area contributed by atoms with E-state index in [0.29, 0.717) is 16.6 Å². The Labute approximate surface area is 176 Å². The Bertz CT molecular complexity index is 1110. The van der Waals surface area contributed by atoms with Crippen LogP contribution in [0.15, 0.2) is 65.1 Å². The molecule has 0 spiro atoms. The number of aromatic nitrogens is 5. The molecule has 9 heteroatoms. The number of hydrogen-bond acceptors (Lipinski definition) is 7. The molecule has 1 amide bonds. The van der Waals surface area contributed by atoms with Gasteiger partial charge in [-0.15, -0.1) is 16.4 Å². The standard InChI is InChI=1S/C20H18N6OS2/c1-14(27)21-16-8-5-9-18(11-16)26-20(23-24-25-26)29-13-17-12-28-19(22-17)10-15-6-3-2-4-7-15/h2-9,11-12H,10,13H2,1H3,(H,21,27). The largest absolute Gasteiger partial charge is 0.326 e. The Morgan fingerprint density at radius 1 is 1.17 bits per heavy atom. The van der Waals surface area contributed by atoms with Gasteiger partial charge in [-0.2, -0.15) is 4.68 Å². The van der Waals surface area contributed by atoms with Gasteiger partial charge in [0.25, 0.3) is 0 Å². The van der Waals surface area contributed by atoms with Crippen LogP contribution < -0.4 is 5.32 Å². The second kappa shape index (κ2) is 8.97. The molecule has 146 valence electrons. The van der Waals surface area contributed by atoms with Crippen molar-refractivity contribution in [2.24, 2.45) is 0 Å². The number of benzene rings is 2. The monoisotopic (exact) mass is 422 g/mol. The lowest BCUT2D eigenvalue weighted by Gasteiger charge is -2.06. The van der Waals surface area contributed by atoms with Crippen LogP contribution in [0.1, 0.15) is 23.2 Å². The predicted octanol–water partition coefficient (Wildman–Crippen LogP) is 3.96. The summed E-state index contributed by atoms with van der Waals surface area (Å²) in [6.07, 6.45) is 0.837. The van der Waals surface area contributed by atoms with Crippen molar-refractivity contribution in [2.45, 2.75) is 24.3 Å². The second-order valence-corrected chi connectivity index (χ2v) is 8.17. The zero-order valence-corrected chi connectivity index (χ0v) is 17.3. The third-order valence-electron chi connectivity index (χ3n) is 4.00. The highest BCUT2D eigenvalue weighted by Gasteiger charge is 2.12. The van der Waals surface area contributed by atoms with E-state index in [1.54, 1.807) is 16.0 Å². The molecule has 7 nitrogen and oxygen atoms in total. The van der Waals surface area contributed by atoms with E-state index in [-0.39, 0.29) is 5.91 Å². The van der Waals surface area contributed by atoms with Gasteiger partial charge in [0.15, 0.2) is 0 Å². The molecule has 0 aliphatic heterocycles. The maximum Gasteiger partial charge on any atom is 0.221 e. The lowest BCUT2D eigenvalue weighted by atomic mass is 10.2. The first-order chi connectivity index (χ1) is 14.2. The van der Waals surface area contributed by atoms with E-state index in [9.17, 15) is 4.79 Å². The molecule has 0 bridgehead atoms. The fraction of sp³-hybridized carbons (Fsp3) is 0.150. The quantitative estimate of drug-likeness (QED) is 0.454. The van der Waals surface area contributed by atoms with Crippen molar-refractivity contribution >= 4 is 34.7 Å². The Hall–Kier alpha value is -3.04. The fourth-order valence-electron chi connectivity index (χ4n) is 2.76. The van der Waals surface area contributed by atoms with Gasteiger partial charge in [-0.05, 0) is 34.2 Å². The van der Waals surface area contributed by atoms with Crippen LogP contribution in [0.2, 0.25) is 0 Å². The smallest absolute Gasteiger partial charge is 0.221 e. The molecule has 2 aromatic heterocycles. The van der Waals surface area contributed by atoms with Crippen molar-refractivity contribution in [1.29, 1.82) is 0 Å². The third kappa shape index (κ3) is 5.07. The van der Waals surface area contributed by atoms with Gasteiger partial charge in [0, 0.05) is 30.2 Å². The number of nitrogens with zero attached hydrogens (tertiary/aromatic N) is 5. The molecule has 2 heterocycles. The Morgan fingerprint density at radius 3 is 2.86 bits per heavy atom. The summed E-state index contributed by atoms with van der Waals surface area (Å²) in [4.78, 5) is 16.0. The molecule has 4 aromatic rings. The van der Waals surface area contributed by atoms with Crippen LogP contribution >= 0.6 is 23.1 Å². The van der Waals surface area contributed by atoms with Crippen molar-refractivity contribution in [3.8, 4) is 5.69 Å². The number of carbonyl (C=O) groups excluding carboxylic acids is 1. The minimum atomic E-state index is -0.122. The van der Waals surface area contributed by atoms with Crippen molar-refractivity contribution in [3.63, 3.8) is 0 Å². The minimum absolute atomic E-state index is 0.122. The molecule has 29 heavy (non-hydrogen) atoms. The van der Waals surface area contributed by atoms with E-state index in [2.05, 4.69) is 38.4 Å². The third-order valence-corrected chi connectivity index (χ3v) is 5.85. The summed E-state index contributed by atoms with van der Waals surface area (Å²) in [5.74, 6) is 0.556. The van der Waals surface area contributed by atoms with Crippen molar-refractivity contribution in [3.05, 3.63) is 76.2 Å². The molecule has 1 N–H and O–H groups in total. The number of thioether (sulfide) groups is 1. The average Bonchev–Trinajstić information content (AvgIpc) is 3.36. The van der Waals surface area contributed by atoms with Gasteiger partial charge in [-0.3, -0.25) is 4.79 Å². The molecular weight excluding hydrogens is 404 g/mol. The molecule has 0 unspecified atom stereocenters. The van der Waals surface area contributed by atoms with E-state index in [4.69, 9.17) is 4.98 Å². The maximum absolute atomic E-state index is 11.3. The van der Waals surface area contributed by atoms with E-state index in [1.807, 2.05) is 42.5 Å². The van der Waals surface area contributed by atoms with Gasteiger partial charge >= 0.3 is 0 Å². The minimum Gasteiger partial charge on any atom is -0.326 e. The highest BCUT2D eigenvalue weighted by Crippen LogP contribution is 2.25. The lowest BCUT2D eigenvalue weighted by molar-refractivity contribution is -0.114. The highest BCUT2D eigenvalue weighted by atomic mass is 32.2. The zero-order valence-electron chi connectivity index (χ0n) is 15.6. The van der Waals surface area contributed by atoms with E-state index >= 15 is 0 Å². The SMILES string of the molecule is CC(=O)Nc1cccc(-n2nnnc2SCc2csc(Cc3ccccc3)n2)c1. The van der Waals surface area contributed by atoms with Gasteiger partial charge < -0.3 is 5.32 Å². The zero-order chi connectivity index (χ0) is 20.1.